The standard InChI is InChI=1S/C14H17Cl2N3O/c15-12-4-3-11(13(16)18-12)14(20)17-7-9-5-6-19(8-9)10-1-2-10/h3-4,9-10H,1-2,5-8H2,(H,17,20). The van der Waals surface area contributed by atoms with E-state index >= 15 is 0 Å². The number of hydrogen-bond acceptors (Lipinski definition) is 3. The van der Waals surface area contributed by atoms with E-state index < -0.39 is 0 Å². The van der Waals surface area contributed by atoms with Crippen molar-refractivity contribution in [3.05, 3.63) is 28.0 Å². The lowest BCUT2D eigenvalue weighted by molar-refractivity contribution is 0.0947. The van der Waals surface area contributed by atoms with Gasteiger partial charge >= 0.3 is 0 Å². The van der Waals surface area contributed by atoms with Crippen molar-refractivity contribution in [2.45, 2.75) is 25.3 Å². The average molecular weight is 314 g/mol. The Balaban J connectivity index is 1.51. The van der Waals surface area contributed by atoms with Crippen LogP contribution in [0, 0.1) is 5.92 Å². The summed E-state index contributed by atoms with van der Waals surface area (Å²) in [6.07, 6.45) is 3.83. The smallest absolute Gasteiger partial charge is 0.254 e. The molecule has 1 saturated heterocycles. The molecule has 1 aromatic rings. The Morgan fingerprint density at radius 3 is 2.85 bits per heavy atom. The van der Waals surface area contributed by atoms with E-state index in [0.29, 0.717) is 23.2 Å². The van der Waals surface area contributed by atoms with Crippen molar-refractivity contribution in [2.75, 3.05) is 19.6 Å². The van der Waals surface area contributed by atoms with Crippen LogP contribution in [0.2, 0.25) is 10.3 Å². The van der Waals surface area contributed by atoms with Crippen LogP contribution in [-0.2, 0) is 0 Å². The van der Waals surface area contributed by atoms with Gasteiger partial charge in [-0.05, 0) is 43.9 Å². The summed E-state index contributed by atoms with van der Waals surface area (Å²) in [4.78, 5) is 18.5. The number of likely N-dealkylation sites (tertiary alicyclic amines) is 1. The molecule has 6 heteroatoms. The number of carbonyl (C=O) groups is 1. The van der Waals surface area contributed by atoms with Crippen LogP contribution in [0.15, 0.2) is 12.1 Å². The molecular formula is C14H17Cl2N3O. The van der Waals surface area contributed by atoms with Crippen LogP contribution in [0.5, 0.6) is 0 Å². The summed E-state index contributed by atoms with van der Waals surface area (Å²) < 4.78 is 0. The molecule has 1 amide bonds. The Bertz CT molecular complexity index is 519. The van der Waals surface area contributed by atoms with Gasteiger partial charge in [-0.1, -0.05) is 23.2 Å². The zero-order valence-electron chi connectivity index (χ0n) is 11.1. The van der Waals surface area contributed by atoms with Crippen LogP contribution >= 0.6 is 23.2 Å². The van der Waals surface area contributed by atoms with E-state index in [1.54, 1.807) is 12.1 Å². The first-order valence-electron chi connectivity index (χ1n) is 6.98. The lowest BCUT2D eigenvalue weighted by Crippen LogP contribution is -2.31. The summed E-state index contributed by atoms with van der Waals surface area (Å²) in [6, 6.07) is 4.00. The van der Waals surface area contributed by atoms with Gasteiger partial charge in [0.05, 0.1) is 5.56 Å². The third-order valence-corrected chi connectivity index (χ3v) is 4.49. The predicted octanol–water partition coefficient (Wildman–Crippen LogP) is 2.60. The molecule has 108 valence electrons. The summed E-state index contributed by atoms with van der Waals surface area (Å²) >= 11 is 11.6. The van der Waals surface area contributed by atoms with Crippen LogP contribution in [0.25, 0.3) is 0 Å². The van der Waals surface area contributed by atoms with Crippen molar-refractivity contribution in [3.8, 4) is 0 Å². The summed E-state index contributed by atoms with van der Waals surface area (Å²) in [5.41, 5.74) is 0.383. The second-order valence-corrected chi connectivity index (χ2v) is 6.31. The van der Waals surface area contributed by atoms with Crippen molar-refractivity contribution in [3.63, 3.8) is 0 Å². The zero-order chi connectivity index (χ0) is 14.1. The molecule has 0 aromatic carbocycles. The summed E-state index contributed by atoms with van der Waals surface area (Å²) in [5.74, 6) is 0.364. The molecule has 2 fully saturated rings. The number of halogens is 2. The second-order valence-electron chi connectivity index (χ2n) is 5.56. The van der Waals surface area contributed by atoms with E-state index in [-0.39, 0.29) is 11.1 Å². The molecule has 1 saturated carbocycles. The van der Waals surface area contributed by atoms with Crippen LogP contribution in [0.1, 0.15) is 29.6 Å². The lowest BCUT2D eigenvalue weighted by atomic mass is 10.1. The molecule has 0 radical (unpaired) electrons. The topological polar surface area (TPSA) is 45.2 Å². The fourth-order valence-corrected chi connectivity index (χ4v) is 3.14. The van der Waals surface area contributed by atoms with E-state index in [1.807, 2.05) is 0 Å². The number of nitrogens with one attached hydrogen (secondary N) is 1. The number of nitrogens with zero attached hydrogens (tertiary/aromatic N) is 2. The minimum Gasteiger partial charge on any atom is -0.352 e. The van der Waals surface area contributed by atoms with E-state index in [2.05, 4.69) is 15.2 Å². The fourth-order valence-electron chi connectivity index (χ4n) is 2.71. The van der Waals surface area contributed by atoms with Gasteiger partial charge in [0.15, 0.2) is 0 Å². The number of carbonyl (C=O) groups excluding carboxylic acids is 1. The molecule has 4 nitrogen and oxygen atoms in total. The van der Waals surface area contributed by atoms with Crippen LogP contribution in [-0.4, -0.2) is 41.5 Å². The maximum Gasteiger partial charge on any atom is 0.254 e. The van der Waals surface area contributed by atoms with Crippen molar-refractivity contribution in [1.29, 1.82) is 0 Å². The molecule has 1 aliphatic carbocycles. The molecule has 0 bridgehead atoms. The van der Waals surface area contributed by atoms with Gasteiger partial charge in [0.1, 0.15) is 10.3 Å². The largest absolute Gasteiger partial charge is 0.352 e. The van der Waals surface area contributed by atoms with Gasteiger partial charge in [0, 0.05) is 19.1 Å². The maximum atomic E-state index is 12.1. The highest BCUT2D eigenvalue weighted by atomic mass is 35.5. The first-order valence-corrected chi connectivity index (χ1v) is 7.73. The van der Waals surface area contributed by atoms with Gasteiger partial charge in [-0.15, -0.1) is 0 Å². The molecular weight excluding hydrogens is 297 g/mol. The highest BCUT2D eigenvalue weighted by molar-refractivity contribution is 6.34. The Kier molecular flexibility index (Phi) is 4.15. The van der Waals surface area contributed by atoms with Crippen LogP contribution in [0.4, 0.5) is 0 Å². The Morgan fingerprint density at radius 2 is 2.15 bits per heavy atom. The third-order valence-electron chi connectivity index (χ3n) is 3.99. The SMILES string of the molecule is O=C(NCC1CCN(C2CC2)C1)c1ccc(Cl)nc1Cl. The van der Waals surface area contributed by atoms with Crippen LogP contribution in [0.3, 0.4) is 0 Å². The number of amides is 1. The molecule has 20 heavy (non-hydrogen) atoms. The lowest BCUT2D eigenvalue weighted by Gasteiger charge is -2.15. The van der Waals surface area contributed by atoms with E-state index in [0.717, 1.165) is 25.6 Å². The van der Waals surface area contributed by atoms with Crippen LogP contribution < -0.4 is 5.32 Å². The summed E-state index contributed by atoms with van der Waals surface area (Å²) in [7, 11) is 0. The minimum atomic E-state index is -0.177. The van der Waals surface area contributed by atoms with Gasteiger partial charge in [-0.25, -0.2) is 4.98 Å². The fraction of sp³-hybridized carbons (Fsp3) is 0.571. The minimum absolute atomic E-state index is 0.154. The molecule has 2 heterocycles. The average Bonchev–Trinajstić information content (AvgIpc) is 3.15. The molecule has 2 aliphatic rings. The van der Waals surface area contributed by atoms with Crippen molar-refractivity contribution in [1.82, 2.24) is 15.2 Å². The monoisotopic (exact) mass is 313 g/mol. The number of rotatable bonds is 4. The first kappa shape index (κ1) is 14.1. The highest BCUT2D eigenvalue weighted by Crippen LogP contribution is 2.31. The first-order chi connectivity index (χ1) is 9.63. The van der Waals surface area contributed by atoms with Gasteiger partial charge in [-0.2, -0.15) is 0 Å². The maximum absolute atomic E-state index is 12.1. The van der Waals surface area contributed by atoms with E-state index in [9.17, 15) is 4.79 Å². The Morgan fingerprint density at radius 1 is 1.35 bits per heavy atom. The van der Waals surface area contributed by atoms with Gasteiger partial charge in [0.25, 0.3) is 5.91 Å². The molecule has 1 atom stereocenters. The molecule has 3 rings (SSSR count). The second kappa shape index (κ2) is 5.88. The quantitative estimate of drug-likeness (QED) is 0.869. The normalized spacial score (nSPS) is 23.0. The van der Waals surface area contributed by atoms with E-state index in [1.165, 1.54) is 12.8 Å². The number of hydrogen-bond donors (Lipinski definition) is 1. The number of pyridine rings is 1. The van der Waals surface area contributed by atoms with Crippen molar-refractivity contribution >= 4 is 29.1 Å². The van der Waals surface area contributed by atoms with Gasteiger partial charge in [-0.3, -0.25) is 4.79 Å². The van der Waals surface area contributed by atoms with Gasteiger partial charge < -0.3 is 10.2 Å². The Labute approximate surface area is 128 Å². The molecule has 1 N–H and O–H groups in total. The number of aromatic nitrogens is 1. The summed E-state index contributed by atoms with van der Waals surface area (Å²) in [5, 5.41) is 3.40. The molecule has 1 unspecified atom stereocenters. The highest BCUT2D eigenvalue weighted by Gasteiger charge is 2.34. The Hall–Kier alpha value is -0.840. The predicted molar refractivity (Wildman–Crippen MR) is 79.3 cm³/mol. The van der Waals surface area contributed by atoms with Crippen molar-refractivity contribution in [2.24, 2.45) is 5.92 Å². The van der Waals surface area contributed by atoms with Crippen molar-refractivity contribution < 1.29 is 4.79 Å². The van der Waals surface area contributed by atoms with Gasteiger partial charge in [0.2, 0.25) is 0 Å². The van der Waals surface area contributed by atoms with E-state index in [4.69, 9.17) is 23.2 Å². The molecule has 0 spiro atoms. The molecule has 1 aromatic heterocycles. The summed E-state index contributed by atoms with van der Waals surface area (Å²) in [6.45, 7) is 2.95. The third kappa shape index (κ3) is 3.25. The zero-order valence-corrected chi connectivity index (χ0v) is 12.6. The molecule has 1 aliphatic heterocycles.